The Morgan fingerprint density at radius 1 is 1.00 bits per heavy atom. The van der Waals surface area contributed by atoms with Crippen molar-refractivity contribution >= 4 is 61.8 Å². The second kappa shape index (κ2) is 8.42. The van der Waals surface area contributed by atoms with Gasteiger partial charge in [-0.25, -0.2) is 9.97 Å². The minimum absolute atomic E-state index is 0. The fourth-order valence-corrected chi connectivity index (χ4v) is 3.49. The van der Waals surface area contributed by atoms with Crippen molar-refractivity contribution in [1.29, 1.82) is 0 Å². The quantitative estimate of drug-likeness (QED) is 0.553. The number of benzene rings is 2. The van der Waals surface area contributed by atoms with E-state index in [-0.39, 0.29) is 24.3 Å². The van der Waals surface area contributed by atoms with Crippen LogP contribution in [0.2, 0.25) is 0 Å². The third-order valence-electron chi connectivity index (χ3n) is 3.28. The average Bonchev–Trinajstić information content (AvgIpc) is 2.55. The third kappa shape index (κ3) is 4.78. The van der Waals surface area contributed by atoms with Gasteiger partial charge in [-0.05, 0) is 24.3 Å². The molecule has 3 rings (SSSR count). The Bertz CT molecular complexity index is 883. The second-order valence-corrected chi connectivity index (χ2v) is 6.82. The van der Waals surface area contributed by atoms with Crippen molar-refractivity contribution in [3.63, 3.8) is 0 Å². The Hall–Kier alpha value is -1.96. The highest BCUT2D eigenvalue weighted by Gasteiger charge is 2.12. The molecule has 128 valence electrons. The van der Waals surface area contributed by atoms with Crippen LogP contribution < -0.4 is 11.1 Å². The summed E-state index contributed by atoms with van der Waals surface area (Å²) in [6.45, 7) is 0. The van der Waals surface area contributed by atoms with E-state index in [1.807, 2.05) is 30.3 Å². The maximum Gasteiger partial charge on any atom is 0.255 e. The van der Waals surface area contributed by atoms with Crippen LogP contribution in [0.4, 0.5) is 11.6 Å². The lowest BCUT2D eigenvalue weighted by Gasteiger charge is -2.11. The number of hydrogen-bond acceptors (Lipinski definition) is 4. The molecule has 0 spiro atoms. The van der Waals surface area contributed by atoms with E-state index in [0.717, 1.165) is 20.1 Å². The van der Waals surface area contributed by atoms with Crippen molar-refractivity contribution in [3.05, 3.63) is 69.4 Å². The van der Waals surface area contributed by atoms with E-state index in [0.29, 0.717) is 11.3 Å². The molecule has 3 N–H and O–H groups in total. The number of carbonyl (C=O) groups is 1. The molecule has 0 radical (unpaired) electrons. The van der Waals surface area contributed by atoms with E-state index in [4.69, 9.17) is 5.73 Å². The van der Waals surface area contributed by atoms with Gasteiger partial charge in [0.2, 0.25) is 5.95 Å². The molecular formula is C17H13Br2ClN4O. The van der Waals surface area contributed by atoms with Gasteiger partial charge in [-0.1, -0.05) is 50.1 Å². The topological polar surface area (TPSA) is 80.9 Å². The van der Waals surface area contributed by atoms with Gasteiger partial charge in [0.1, 0.15) is 0 Å². The number of hydrogen-bond donors (Lipinski definition) is 2. The lowest BCUT2D eigenvalue weighted by Crippen LogP contribution is -2.12. The van der Waals surface area contributed by atoms with Gasteiger partial charge in [-0.2, -0.15) is 0 Å². The first-order valence-corrected chi connectivity index (χ1v) is 8.56. The predicted molar refractivity (Wildman–Crippen MR) is 109 cm³/mol. The number of nitrogens with two attached hydrogens (primary N) is 1. The lowest BCUT2D eigenvalue weighted by molar-refractivity contribution is 0.102. The van der Waals surface area contributed by atoms with Crippen LogP contribution in [-0.4, -0.2) is 15.9 Å². The minimum atomic E-state index is -0.208. The zero-order valence-electron chi connectivity index (χ0n) is 12.7. The minimum Gasteiger partial charge on any atom is -0.368 e. The highest BCUT2D eigenvalue weighted by Crippen LogP contribution is 2.28. The number of anilines is 2. The zero-order valence-corrected chi connectivity index (χ0v) is 16.7. The molecule has 0 aliphatic rings. The van der Waals surface area contributed by atoms with E-state index in [2.05, 4.69) is 47.1 Å². The van der Waals surface area contributed by atoms with Gasteiger partial charge in [0, 0.05) is 43.7 Å². The largest absolute Gasteiger partial charge is 0.368 e. The Balaban J connectivity index is 0.00000225. The Kier molecular flexibility index (Phi) is 6.52. The van der Waals surface area contributed by atoms with Crippen LogP contribution in [0.25, 0.3) is 11.1 Å². The highest BCUT2D eigenvalue weighted by molar-refractivity contribution is 9.11. The van der Waals surface area contributed by atoms with Crippen molar-refractivity contribution < 1.29 is 4.79 Å². The SMILES string of the molecule is Cl.Nc1ncc(-c2ccccc2NC(=O)c2cc(Br)cc(Br)c2)cn1. The molecule has 2 aromatic carbocycles. The molecule has 5 nitrogen and oxygen atoms in total. The van der Waals surface area contributed by atoms with Crippen LogP contribution in [0.15, 0.2) is 63.8 Å². The first kappa shape index (κ1) is 19.4. The number of rotatable bonds is 3. The molecule has 0 unspecified atom stereocenters. The summed E-state index contributed by atoms with van der Waals surface area (Å²) in [4.78, 5) is 20.5. The molecule has 0 bridgehead atoms. The summed E-state index contributed by atoms with van der Waals surface area (Å²) in [5.41, 5.74) is 8.33. The number of nitrogens with zero attached hydrogens (tertiary/aromatic N) is 2. The number of halogens is 3. The smallest absolute Gasteiger partial charge is 0.255 e. The van der Waals surface area contributed by atoms with E-state index < -0.39 is 0 Å². The van der Waals surface area contributed by atoms with E-state index in [9.17, 15) is 4.79 Å². The number of carbonyl (C=O) groups excluding carboxylic acids is 1. The molecule has 0 fully saturated rings. The van der Waals surface area contributed by atoms with Gasteiger partial charge >= 0.3 is 0 Å². The van der Waals surface area contributed by atoms with E-state index in [1.54, 1.807) is 24.5 Å². The van der Waals surface area contributed by atoms with Crippen molar-refractivity contribution in [3.8, 4) is 11.1 Å². The van der Waals surface area contributed by atoms with Gasteiger partial charge in [0.25, 0.3) is 5.91 Å². The molecule has 25 heavy (non-hydrogen) atoms. The number of para-hydroxylation sites is 1. The summed E-state index contributed by atoms with van der Waals surface area (Å²) in [5, 5.41) is 2.93. The molecule has 0 saturated carbocycles. The van der Waals surface area contributed by atoms with Crippen molar-refractivity contribution in [1.82, 2.24) is 9.97 Å². The molecule has 0 aliphatic carbocycles. The molecule has 0 atom stereocenters. The number of aromatic nitrogens is 2. The monoisotopic (exact) mass is 482 g/mol. The molecule has 1 heterocycles. The first-order valence-electron chi connectivity index (χ1n) is 6.97. The fourth-order valence-electron chi connectivity index (χ4n) is 2.20. The van der Waals surface area contributed by atoms with Crippen LogP contribution in [-0.2, 0) is 0 Å². The molecule has 0 saturated heterocycles. The molecule has 0 aliphatic heterocycles. The molecule has 3 aromatic rings. The Labute approximate surface area is 167 Å². The molecule has 8 heteroatoms. The third-order valence-corrected chi connectivity index (χ3v) is 4.20. The van der Waals surface area contributed by atoms with Crippen molar-refractivity contribution in [2.45, 2.75) is 0 Å². The normalized spacial score (nSPS) is 10.0. The first-order chi connectivity index (χ1) is 11.5. The molecular weight excluding hydrogens is 471 g/mol. The maximum absolute atomic E-state index is 12.6. The van der Waals surface area contributed by atoms with Crippen LogP contribution in [0.3, 0.4) is 0 Å². The Morgan fingerprint density at radius 3 is 2.24 bits per heavy atom. The Morgan fingerprint density at radius 2 is 1.60 bits per heavy atom. The predicted octanol–water partition coefficient (Wildman–Crippen LogP) is 4.92. The van der Waals surface area contributed by atoms with Crippen molar-refractivity contribution in [2.75, 3.05) is 11.1 Å². The summed E-state index contributed by atoms with van der Waals surface area (Å²) in [6.07, 6.45) is 3.26. The maximum atomic E-state index is 12.6. The molecule has 1 amide bonds. The van der Waals surface area contributed by atoms with Crippen molar-refractivity contribution in [2.24, 2.45) is 0 Å². The van der Waals surface area contributed by atoms with Gasteiger partial charge in [0.05, 0.1) is 0 Å². The van der Waals surface area contributed by atoms with Crippen LogP contribution in [0, 0.1) is 0 Å². The van der Waals surface area contributed by atoms with E-state index >= 15 is 0 Å². The highest BCUT2D eigenvalue weighted by atomic mass is 79.9. The number of nitrogens with one attached hydrogen (secondary N) is 1. The van der Waals surface area contributed by atoms with Crippen LogP contribution in [0.1, 0.15) is 10.4 Å². The summed E-state index contributed by atoms with van der Waals surface area (Å²) < 4.78 is 1.64. The fraction of sp³-hybridized carbons (Fsp3) is 0. The lowest BCUT2D eigenvalue weighted by atomic mass is 10.1. The van der Waals surface area contributed by atoms with Crippen LogP contribution in [0.5, 0.6) is 0 Å². The summed E-state index contributed by atoms with van der Waals surface area (Å²) in [7, 11) is 0. The van der Waals surface area contributed by atoms with Gasteiger partial charge < -0.3 is 11.1 Å². The summed E-state index contributed by atoms with van der Waals surface area (Å²) in [5.74, 6) is 0.0000612. The molecule has 1 aromatic heterocycles. The second-order valence-electron chi connectivity index (χ2n) is 4.99. The zero-order chi connectivity index (χ0) is 17.1. The number of nitrogen functional groups attached to an aromatic ring is 1. The van der Waals surface area contributed by atoms with Gasteiger partial charge in [-0.3, -0.25) is 4.79 Å². The summed E-state index contributed by atoms with van der Waals surface area (Å²) >= 11 is 6.77. The van der Waals surface area contributed by atoms with Crippen LogP contribution >= 0.6 is 44.3 Å². The summed E-state index contributed by atoms with van der Waals surface area (Å²) in [6, 6.07) is 12.9. The number of amides is 1. The van der Waals surface area contributed by atoms with E-state index in [1.165, 1.54) is 0 Å². The van der Waals surface area contributed by atoms with Gasteiger partial charge in [-0.15, -0.1) is 12.4 Å². The standard InChI is InChI=1S/C17H12Br2N4O.ClH/c18-12-5-10(6-13(19)7-12)16(24)23-15-4-2-1-3-14(15)11-8-21-17(20)22-9-11;/h1-9H,(H,23,24)(H2,20,21,22);1H. The van der Waals surface area contributed by atoms with Gasteiger partial charge in [0.15, 0.2) is 0 Å². The average molecular weight is 485 g/mol.